The fraction of sp³-hybridized carbons (Fsp3) is 0.550. The van der Waals surface area contributed by atoms with E-state index in [4.69, 9.17) is 9.47 Å². The summed E-state index contributed by atoms with van der Waals surface area (Å²) in [5.41, 5.74) is 0.853. The second-order valence-corrected chi connectivity index (χ2v) is 6.76. The van der Waals surface area contributed by atoms with Crippen LogP contribution >= 0.6 is 0 Å². The fourth-order valence-corrected chi connectivity index (χ4v) is 2.56. The third-order valence-corrected chi connectivity index (χ3v) is 3.91. The Morgan fingerprint density at radius 3 is 2.26 bits per heavy atom. The molecule has 27 heavy (non-hydrogen) atoms. The average Bonchev–Trinajstić information content (AvgIpc) is 2.65. The molecule has 0 aliphatic carbocycles. The minimum absolute atomic E-state index is 0.114. The quantitative estimate of drug-likeness (QED) is 0.611. The largest absolute Gasteiger partial charge is 0.467 e. The zero-order valence-corrected chi connectivity index (χ0v) is 16.5. The summed E-state index contributed by atoms with van der Waals surface area (Å²) in [4.78, 5) is 36.5. The van der Waals surface area contributed by atoms with Crippen LogP contribution in [0, 0.1) is 5.92 Å². The first kappa shape index (κ1) is 22.5. The van der Waals surface area contributed by atoms with E-state index in [-0.39, 0.29) is 12.5 Å². The van der Waals surface area contributed by atoms with Crippen LogP contribution in [-0.4, -0.2) is 37.2 Å². The van der Waals surface area contributed by atoms with Crippen LogP contribution in [-0.2, 0) is 25.7 Å². The Hall–Kier alpha value is -2.57. The number of esters is 1. The van der Waals surface area contributed by atoms with Crippen LogP contribution in [0.25, 0.3) is 0 Å². The minimum Gasteiger partial charge on any atom is -0.467 e. The van der Waals surface area contributed by atoms with E-state index in [1.807, 2.05) is 51.1 Å². The molecule has 2 N–H and O–H groups in total. The summed E-state index contributed by atoms with van der Waals surface area (Å²) in [6, 6.07) is 7.75. The van der Waals surface area contributed by atoms with Gasteiger partial charge >= 0.3 is 12.1 Å². The Morgan fingerprint density at radius 1 is 1.04 bits per heavy atom. The molecule has 0 fully saturated rings. The third kappa shape index (κ3) is 8.57. The highest BCUT2D eigenvalue weighted by atomic mass is 16.5. The molecule has 7 heteroatoms. The number of methoxy groups -OCH3 is 1. The molecule has 1 aromatic rings. The highest BCUT2D eigenvalue weighted by Crippen LogP contribution is 2.08. The number of benzene rings is 1. The van der Waals surface area contributed by atoms with Crippen molar-refractivity contribution < 1.29 is 23.9 Å². The van der Waals surface area contributed by atoms with E-state index in [0.29, 0.717) is 19.3 Å². The summed E-state index contributed by atoms with van der Waals surface area (Å²) in [5.74, 6) is -0.762. The third-order valence-electron chi connectivity index (χ3n) is 3.91. The van der Waals surface area contributed by atoms with Crippen LogP contribution in [0.1, 0.15) is 45.6 Å². The van der Waals surface area contributed by atoms with E-state index in [1.54, 1.807) is 0 Å². The van der Waals surface area contributed by atoms with Gasteiger partial charge in [-0.3, -0.25) is 4.79 Å². The second kappa shape index (κ2) is 11.9. The molecule has 0 bridgehead atoms. The van der Waals surface area contributed by atoms with Crippen LogP contribution in [0.15, 0.2) is 30.3 Å². The summed E-state index contributed by atoms with van der Waals surface area (Å²) in [6.45, 7) is 5.92. The lowest BCUT2D eigenvalue weighted by Crippen LogP contribution is -2.52. The molecule has 2 amide bonds. The van der Waals surface area contributed by atoms with Gasteiger partial charge in [0.2, 0.25) is 5.91 Å². The van der Waals surface area contributed by atoms with Crippen molar-refractivity contribution in [2.75, 3.05) is 7.11 Å². The Bertz CT molecular complexity index is 604. The lowest BCUT2D eigenvalue weighted by molar-refractivity contribution is -0.145. The van der Waals surface area contributed by atoms with Crippen LogP contribution in [0.3, 0.4) is 0 Å². The smallest absolute Gasteiger partial charge is 0.408 e. The minimum atomic E-state index is -0.794. The molecule has 150 valence electrons. The molecular weight excluding hydrogens is 348 g/mol. The first-order valence-corrected chi connectivity index (χ1v) is 9.22. The number of carbonyl (C=O) groups excluding carboxylic acids is 3. The average molecular weight is 378 g/mol. The SMILES string of the molecule is CCCC(NC(=O)[C@H](CC(C)C)NC(=O)OCc1ccccc1)C(=O)OC. The predicted molar refractivity (Wildman–Crippen MR) is 102 cm³/mol. The van der Waals surface area contributed by atoms with Gasteiger partial charge in [0.1, 0.15) is 18.7 Å². The summed E-state index contributed by atoms with van der Waals surface area (Å²) >= 11 is 0. The van der Waals surface area contributed by atoms with E-state index in [9.17, 15) is 14.4 Å². The molecule has 0 radical (unpaired) electrons. The Morgan fingerprint density at radius 2 is 1.70 bits per heavy atom. The fourth-order valence-electron chi connectivity index (χ4n) is 2.56. The Kier molecular flexibility index (Phi) is 9.93. The molecule has 0 spiro atoms. The van der Waals surface area contributed by atoms with Crippen molar-refractivity contribution >= 4 is 18.0 Å². The van der Waals surface area contributed by atoms with Crippen molar-refractivity contribution in [2.45, 2.75) is 58.7 Å². The first-order chi connectivity index (χ1) is 12.9. The molecule has 1 aromatic carbocycles. The van der Waals surface area contributed by atoms with Crippen molar-refractivity contribution in [3.63, 3.8) is 0 Å². The monoisotopic (exact) mass is 378 g/mol. The number of amides is 2. The van der Waals surface area contributed by atoms with Gasteiger partial charge in [-0.2, -0.15) is 0 Å². The van der Waals surface area contributed by atoms with Crippen molar-refractivity contribution in [1.29, 1.82) is 0 Å². The van der Waals surface area contributed by atoms with Crippen molar-refractivity contribution in [3.05, 3.63) is 35.9 Å². The van der Waals surface area contributed by atoms with E-state index in [1.165, 1.54) is 7.11 Å². The van der Waals surface area contributed by atoms with Gasteiger partial charge in [-0.05, 0) is 24.3 Å². The number of ether oxygens (including phenoxy) is 2. The second-order valence-electron chi connectivity index (χ2n) is 6.76. The molecule has 1 unspecified atom stereocenters. The number of hydrogen-bond donors (Lipinski definition) is 2. The molecule has 0 aromatic heterocycles. The van der Waals surface area contributed by atoms with Gasteiger partial charge in [0, 0.05) is 0 Å². The zero-order valence-electron chi connectivity index (χ0n) is 16.5. The maximum absolute atomic E-state index is 12.6. The zero-order chi connectivity index (χ0) is 20.2. The summed E-state index contributed by atoms with van der Waals surface area (Å²) in [7, 11) is 1.28. The van der Waals surface area contributed by atoms with Crippen LogP contribution in [0.4, 0.5) is 4.79 Å². The van der Waals surface area contributed by atoms with E-state index in [0.717, 1.165) is 5.56 Å². The molecule has 0 aliphatic rings. The topological polar surface area (TPSA) is 93.7 Å². The summed E-state index contributed by atoms with van der Waals surface area (Å²) < 4.78 is 9.92. The molecule has 0 aliphatic heterocycles. The summed E-state index contributed by atoms with van der Waals surface area (Å²) in [5, 5.41) is 5.27. The maximum Gasteiger partial charge on any atom is 0.408 e. The van der Waals surface area contributed by atoms with Gasteiger partial charge in [0.05, 0.1) is 7.11 Å². The normalized spacial score (nSPS) is 12.8. The molecule has 0 saturated heterocycles. The van der Waals surface area contributed by atoms with E-state index < -0.39 is 30.1 Å². The number of alkyl carbamates (subject to hydrolysis) is 1. The van der Waals surface area contributed by atoms with Crippen LogP contribution < -0.4 is 10.6 Å². The molecular formula is C20H30N2O5. The summed E-state index contributed by atoms with van der Waals surface area (Å²) in [6.07, 6.45) is 0.920. The molecule has 0 saturated carbocycles. The van der Waals surface area contributed by atoms with Crippen molar-refractivity contribution in [2.24, 2.45) is 5.92 Å². The van der Waals surface area contributed by atoms with Gasteiger partial charge in [0.15, 0.2) is 0 Å². The first-order valence-electron chi connectivity index (χ1n) is 9.22. The van der Waals surface area contributed by atoms with Gasteiger partial charge in [0.25, 0.3) is 0 Å². The number of rotatable bonds is 10. The van der Waals surface area contributed by atoms with E-state index >= 15 is 0 Å². The standard InChI is InChI=1S/C20H30N2O5/c1-5-9-16(19(24)26-4)21-18(23)17(12-14(2)3)22-20(25)27-13-15-10-7-6-8-11-15/h6-8,10-11,14,16-17H,5,9,12-13H2,1-4H3,(H,21,23)(H,22,25)/t16?,17-/m0/s1. The molecule has 1 rings (SSSR count). The van der Waals surface area contributed by atoms with Crippen molar-refractivity contribution in [3.8, 4) is 0 Å². The van der Waals surface area contributed by atoms with Gasteiger partial charge in [-0.15, -0.1) is 0 Å². The van der Waals surface area contributed by atoms with Gasteiger partial charge < -0.3 is 20.1 Å². The molecule has 0 heterocycles. The lowest BCUT2D eigenvalue weighted by Gasteiger charge is -2.23. The van der Waals surface area contributed by atoms with Gasteiger partial charge in [-0.1, -0.05) is 57.5 Å². The van der Waals surface area contributed by atoms with Gasteiger partial charge in [-0.25, -0.2) is 9.59 Å². The lowest BCUT2D eigenvalue weighted by atomic mass is 10.0. The molecule has 2 atom stereocenters. The van der Waals surface area contributed by atoms with Crippen LogP contribution in [0.2, 0.25) is 0 Å². The predicted octanol–water partition coefficient (Wildman–Crippen LogP) is 2.79. The van der Waals surface area contributed by atoms with Crippen LogP contribution in [0.5, 0.6) is 0 Å². The number of nitrogens with one attached hydrogen (secondary N) is 2. The Balaban J connectivity index is 2.68. The van der Waals surface area contributed by atoms with E-state index in [2.05, 4.69) is 10.6 Å². The molecule has 7 nitrogen and oxygen atoms in total. The number of carbonyl (C=O) groups is 3. The highest BCUT2D eigenvalue weighted by Gasteiger charge is 2.27. The Labute approximate surface area is 160 Å². The number of hydrogen-bond acceptors (Lipinski definition) is 5. The maximum atomic E-state index is 12.6. The highest BCUT2D eigenvalue weighted by molar-refractivity contribution is 5.89. The van der Waals surface area contributed by atoms with Crippen molar-refractivity contribution in [1.82, 2.24) is 10.6 Å².